The van der Waals surface area contributed by atoms with Gasteiger partial charge in [-0.25, -0.2) is 4.98 Å². The minimum Gasteiger partial charge on any atom is -0.490 e. The van der Waals surface area contributed by atoms with Crippen LogP contribution in [0.25, 0.3) is 10.6 Å². The Bertz CT molecular complexity index is 1000. The molecule has 0 saturated carbocycles. The van der Waals surface area contributed by atoms with Gasteiger partial charge in [-0.15, -0.1) is 11.3 Å². The molecule has 0 radical (unpaired) electrons. The number of thiazole rings is 1. The number of hydrogen-bond acceptors (Lipinski definition) is 7. The van der Waals surface area contributed by atoms with Gasteiger partial charge >= 0.3 is 0 Å². The van der Waals surface area contributed by atoms with Crippen molar-refractivity contribution in [3.8, 4) is 33.6 Å². The Morgan fingerprint density at radius 2 is 1.83 bits per heavy atom. The quantitative estimate of drug-likeness (QED) is 0.518. The van der Waals surface area contributed by atoms with Crippen molar-refractivity contribution in [1.29, 1.82) is 0 Å². The summed E-state index contributed by atoms with van der Waals surface area (Å²) in [7, 11) is 0. The van der Waals surface area contributed by atoms with Gasteiger partial charge in [-0.1, -0.05) is 6.07 Å². The summed E-state index contributed by atoms with van der Waals surface area (Å²) in [6.07, 6.45) is 0.678. The molecule has 0 saturated heterocycles. The minimum atomic E-state index is -0.584. The standard InChI is InChI=1S/C23H25NO5S/c1-3-26-19-10-6-16(12-21(19)27-4-2)23-24-17(13-30-23)7-8-18(25)15-5-9-20-22(11-15)29-14-28-20/h5-6,9-13,18,25H,3-4,7-8,14H2,1-2H3. The van der Waals surface area contributed by atoms with Crippen molar-refractivity contribution in [2.24, 2.45) is 0 Å². The Morgan fingerprint density at radius 1 is 1.03 bits per heavy atom. The van der Waals surface area contributed by atoms with Crippen LogP contribution in [0.2, 0.25) is 0 Å². The summed E-state index contributed by atoms with van der Waals surface area (Å²) < 4.78 is 22.1. The molecule has 0 aliphatic carbocycles. The van der Waals surface area contributed by atoms with Gasteiger partial charge in [0.2, 0.25) is 6.79 Å². The van der Waals surface area contributed by atoms with E-state index in [1.54, 1.807) is 11.3 Å². The summed E-state index contributed by atoms with van der Waals surface area (Å²) in [5.74, 6) is 2.87. The normalized spacial score (nSPS) is 13.3. The van der Waals surface area contributed by atoms with E-state index in [4.69, 9.17) is 23.9 Å². The summed E-state index contributed by atoms with van der Waals surface area (Å²) in [4.78, 5) is 4.75. The highest BCUT2D eigenvalue weighted by atomic mass is 32.1. The molecule has 4 rings (SSSR count). The van der Waals surface area contributed by atoms with Crippen LogP contribution in [-0.4, -0.2) is 30.1 Å². The zero-order chi connectivity index (χ0) is 20.9. The van der Waals surface area contributed by atoms with Crippen LogP contribution in [0.4, 0.5) is 0 Å². The maximum Gasteiger partial charge on any atom is 0.231 e. The number of aliphatic hydroxyl groups excluding tert-OH is 1. The maximum absolute atomic E-state index is 10.6. The van der Waals surface area contributed by atoms with Gasteiger partial charge < -0.3 is 24.1 Å². The number of fused-ring (bicyclic) bond motifs is 1. The lowest BCUT2D eigenvalue weighted by Crippen LogP contribution is -2.00. The van der Waals surface area contributed by atoms with Crippen molar-refractivity contribution in [2.45, 2.75) is 32.8 Å². The third kappa shape index (κ3) is 4.52. The molecule has 30 heavy (non-hydrogen) atoms. The average molecular weight is 428 g/mol. The lowest BCUT2D eigenvalue weighted by Gasteiger charge is -2.11. The first-order chi connectivity index (χ1) is 14.7. The summed E-state index contributed by atoms with van der Waals surface area (Å²) in [5, 5.41) is 13.5. The van der Waals surface area contributed by atoms with E-state index in [1.165, 1.54) is 0 Å². The molecule has 7 heteroatoms. The van der Waals surface area contributed by atoms with Crippen LogP contribution in [0.5, 0.6) is 23.0 Å². The lowest BCUT2D eigenvalue weighted by molar-refractivity contribution is 0.165. The molecule has 1 atom stereocenters. The Hall–Kier alpha value is -2.77. The van der Waals surface area contributed by atoms with Crippen molar-refractivity contribution >= 4 is 11.3 Å². The van der Waals surface area contributed by atoms with E-state index >= 15 is 0 Å². The molecule has 0 spiro atoms. The number of benzene rings is 2. The topological polar surface area (TPSA) is 70.0 Å². The van der Waals surface area contributed by atoms with E-state index in [2.05, 4.69) is 0 Å². The van der Waals surface area contributed by atoms with Gasteiger partial charge in [0.15, 0.2) is 23.0 Å². The second kappa shape index (κ2) is 9.36. The fourth-order valence-corrected chi connectivity index (χ4v) is 4.16. The van der Waals surface area contributed by atoms with E-state index in [0.717, 1.165) is 39.1 Å². The summed E-state index contributed by atoms with van der Waals surface area (Å²) in [6.45, 7) is 5.30. The Labute approximate surface area is 180 Å². The molecule has 1 unspecified atom stereocenters. The third-order valence-electron chi connectivity index (χ3n) is 4.80. The zero-order valence-corrected chi connectivity index (χ0v) is 17.9. The number of aryl methyl sites for hydroxylation is 1. The van der Waals surface area contributed by atoms with E-state index in [1.807, 2.05) is 55.6 Å². The minimum absolute atomic E-state index is 0.229. The van der Waals surface area contributed by atoms with Crippen LogP contribution in [0.15, 0.2) is 41.8 Å². The molecular weight excluding hydrogens is 402 g/mol. The number of nitrogens with zero attached hydrogens (tertiary/aromatic N) is 1. The van der Waals surface area contributed by atoms with Crippen molar-refractivity contribution in [2.75, 3.05) is 20.0 Å². The van der Waals surface area contributed by atoms with Gasteiger partial charge in [0.05, 0.1) is 25.0 Å². The second-order valence-electron chi connectivity index (χ2n) is 6.84. The molecule has 2 heterocycles. The molecule has 0 amide bonds. The van der Waals surface area contributed by atoms with E-state index in [9.17, 15) is 5.11 Å². The maximum atomic E-state index is 10.6. The van der Waals surface area contributed by atoms with Crippen molar-refractivity contribution in [3.63, 3.8) is 0 Å². The van der Waals surface area contributed by atoms with E-state index < -0.39 is 6.10 Å². The third-order valence-corrected chi connectivity index (χ3v) is 5.74. The molecule has 1 N–H and O–H groups in total. The Kier molecular flexibility index (Phi) is 6.40. The summed E-state index contributed by atoms with van der Waals surface area (Å²) in [6, 6.07) is 11.4. The predicted octanol–water partition coefficient (Wildman–Crippen LogP) is 5.00. The molecule has 1 aliphatic heterocycles. The number of rotatable bonds is 9. The molecule has 3 aromatic rings. The second-order valence-corrected chi connectivity index (χ2v) is 7.70. The fraction of sp³-hybridized carbons (Fsp3) is 0.348. The zero-order valence-electron chi connectivity index (χ0n) is 17.1. The lowest BCUT2D eigenvalue weighted by atomic mass is 10.0. The highest BCUT2D eigenvalue weighted by molar-refractivity contribution is 7.13. The van der Waals surface area contributed by atoms with Gasteiger partial charge in [0, 0.05) is 10.9 Å². The van der Waals surface area contributed by atoms with E-state index in [0.29, 0.717) is 31.8 Å². The van der Waals surface area contributed by atoms with Crippen LogP contribution in [0.3, 0.4) is 0 Å². The highest BCUT2D eigenvalue weighted by Crippen LogP contribution is 2.36. The van der Waals surface area contributed by atoms with Gasteiger partial charge in [0.1, 0.15) is 5.01 Å². The van der Waals surface area contributed by atoms with Gasteiger partial charge in [-0.2, -0.15) is 0 Å². The Morgan fingerprint density at radius 3 is 2.67 bits per heavy atom. The molecule has 158 valence electrons. The fourth-order valence-electron chi connectivity index (χ4n) is 3.31. The van der Waals surface area contributed by atoms with Crippen molar-refractivity contribution in [1.82, 2.24) is 4.98 Å². The van der Waals surface area contributed by atoms with E-state index in [-0.39, 0.29) is 6.79 Å². The van der Waals surface area contributed by atoms with Gasteiger partial charge in [-0.3, -0.25) is 0 Å². The van der Waals surface area contributed by atoms with Crippen LogP contribution >= 0.6 is 11.3 Å². The molecule has 0 fully saturated rings. The summed E-state index contributed by atoms with van der Waals surface area (Å²) in [5.41, 5.74) is 2.78. The molecular formula is C23H25NO5S. The highest BCUT2D eigenvalue weighted by Gasteiger charge is 2.17. The van der Waals surface area contributed by atoms with Crippen molar-refractivity contribution in [3.05, 3.63) is 53.0 Å². The first-order valence-electron chi connectivity index (χ1n) is 10.1. The first kappa shape index (κ1) is 20.5. The SMILES string of the molecule is CCOc1ccc(-c2nc(CCC(O)c3ccc4c(c3)OCO4)cs2)cc1OCC. The van der Waals surface area contributed by atoms with Crippen molar-refractivity contribution < 1.29 is 24.1 Å². The smallest absolute Gasteiger partial charge is 0.231 e. The molecule has 0 bridgehead atoms. The van der Waals surface area contributed by atoms with Gasteiger partial charge in [-0.05, 0) is 62.6 Å². The largest absolute Gasteiger partial charge is 0.490 e. The molecule has 2 aromatic carbocycles. The molecule has 6 nitrogen and oxygen atoms in total. The van der Waals surface area contributed by atoms with Crippen LogP contribution in [0.1, 0.15) is 37.6 Å². The van der Waals surface area contributed by atoms with Crippen LogP contribution in [0, 0.1) is 0 Å². The summed E-state index contributed by atoms with van der Waals surface area (Å²) >= 11 is 1.59. The number of ether oxygens (including phenoxy) is 4. The number of hydrogen-bond donors (Lipinski definition) is 1. The predicted molar refractivity (Wildman–Crippen MR) is 116 cm³/mol. The van der Waals surface area contributed by atoms with Gasteiger partial charge in [0.25, 0.3) is 0 Å². The monoisotopic (exact) mass is 427 g/mol. The molecule has 1 aliphatic rings. The number of aliphatic hydroxyl groups is 1. The van der Waals surface area contributed by atoms with Crippen LogP contribution < -0.4 is 18.9 Å². The number of aromatic nitrogens is 1. The first-order valence-corrected chi connectivity index (χ1v) is 11.0. The Balaban J connectivity index is 1.42. The molecule has 1 aromatic heterocycles. The van der Waals surface area contributed by atoms with Crippen LogP contribution in [-0.2, 0) is 6.42 Å². The average Bonchev–Trinajstić information content (AvgIpc) is 3.42.